The zero-order valence-corrected chi connectivity index (χ0v) is 13.5. The zero-order chi connectivity index (χ0) is 15.0. The van der Waals surface area contributed by atoms with Crippen molar-refractivity contribution in [3.63, 3.8) is 0 Å². The Labute approximate surface area is 127 Å². The van der Waals surface area contributed by atoms with Crippen LogP contribution >= 0.6 is 0 Å². The smallest absolute Gasteiger partial charge is 0.123 e. The van der Waals surface area contributed by atoms with Crippen LogP contribution in [0.15, 0.2) is 18.2 Å². The van der Waals surface area contributed by atoms with Gasteiger partial charge in [-0.3, -0.25) is 0 Å². The predicted octanol–water partition coefficient (Wildman–Crippen LogP) is 4.09. The second-order valence-electron chi connectivity index (χ2n) is 7.70. The summed E-state index contributed by atoms with van der Waals surface area (Å²) in [6, 6.07) is 5.98. The van der Waals surface area contributed by atoms with Gasteiger partial charge in [-0.05, 0) is 76.1 Å². The molecule has 1 aromatic carbocycles. The summed E-state index contributed by atoms with van der Waals surface area (Å²) in [6.45, 7) is 8.32. The fourth-order valence-electron chi connectivity index (χ4n) is 2.75. The predicted molar refractivity (Wildman–Crippen MR) is 86.1 cm³/mol. The van der Waals surface area contributed by atoms with Crippen LogP contribution in [0.2, 0.25) is 0 Å². The average Bonchev–Trinajstić information content (AvgIpc) is 3.24. The SMILES string of the molecule is CC(C)(C)NCc1cc(F)ccc1N(CC1CC1)C1CC1. The third-order valence-electron chi connectivity index (χ3n) is 4.30. The highest BCUT2D eigenvalue weighted by atomic mass is 19.1. The minimum atomic E-state index is -0.133. The second-order valence-corrected chi connectivity index (χ2v) is 7.70. The number of hydrogen-bond acceptors (Lipinski definition) is 2. The fourth-order valence-corrected chi connectivity index (χ4v) is 2.75. The lowest BCUT2D eigenvalue weighted by Gasteiger charge is -2.29. The van der Waals surface area contributed by atoms with Gasteiger partial charge in [-0.2, -0.15) is 0 Å². The van der Waals surface area contributed by atoms with E-state index in [2.05, 4.69) is 31.0 Å². The second kappa shape index (κ2) is 5.60. The van der Waals surface area contributed by atoms with Gasteiger partial charge in [0.15, 0.2) is 0 Å². The van der Waals surface area contributed by atoms with Crippen molar-refractivity contribution in [1.82, 2.24) is 5.32 Å². The number of rotatable bonds is 6. The largest absolute Gasteiger partial charge is 0.368 e. The molecule has 2 fully saturated rings. The Morgan fingerprint density at radius 2 is 1.90 bits per heavy atom. The van der Waals surface area contributed by atoms with Crippen LogP contribution in [0.1, 0.15) is 52.0 Å². The van der Waals surface area contributed by atoms with Crippen LogP contribution in [0.25, 0.3) is 0 Å². The maximum absolute atomic E-state index is 13.7. The topological polar surface area (TPSA) is 15.3 Å². The minimum absolute atomic E-state index is 0.0461. The lowest BCUT2D eigenvalue weighted by Crippen LogP contribution is -2.36. The number of hydrogen-bond donors (Lipinski definition) is 1. The lowest BCUT2D eigenvalue weighted by molar-refractivity contribution is 0.423. The van der Waals surface area contributed by atoms with Gasteiger partial charge in [-0.1, -0.05) is 0 Å². The van der Waals surface area contributed by atoms with Gasteiger partial charge in [0.05, 0.1) is 0 Å². The number of halogens is 1. The summed E-state index contributed by atoms with van der Waals surface area (Å²) in [5.74, 6) is 0.728. The van der Waals surface area contributed by atoms with E-state index in [4.69, 9.17) is 0 Å². The molecule has 0 aromatic heterocycles. The monoisotopic (exact) mass is 290 g/mol. The highest BCUT2D eigenvalue weighted by Gasteiger charge is 2.34. The zero-order valence-electron chi connectivity index (χ0n) is 13.5. The summed E-state index contributed by atoms with van der Waals surface area (Å²) in [5.41, 5.74) is 2.38. The Morgan fingerprint density at radius 3 is 2.48 bits per heavy atom. The number of anilines is 1. The van der Waals surface area contributed by atoms with Gasteiger partial charge < -0.3 is 10.2 Å². The fraction of sp³-hybridized carbons (Fsp3) is 0.667. The van der Waals surface area contributed by atoms with Gasteiger partial charge in [-0.25, -0.2) is 4.39 Å². The summed E-state index contributed by atoms with van der Waals surface area (Å²) in [5, 5.41) is 3.50. The van der Waals surface area contributed by atoms with E-state index >= 15 is 0 Å². The molecule has 1 N–H and O–H groups in total. The summed E-state index contributed by atoms with van der Waals surface area (Å²) >= 11 is 0. The van der Waals surface area contributed by atoms with Crippen LogP contribution in [0.3, 0.4) is 0 Å². The first-order valence-corrected chi connectivity index (χ1v) is 8.22. The van der Waals surface area contributed by atoms with E-state index in [0.29, 0.717) is 6.04 Å². The molecule has 0 bridgehead atoms. The summed E-state index contributed by atoms with van der Waals surface area (Å²) in [7, 11) is 0. The molecular weight excluding hydrogens is 263 g/mol. The third-order valence-corrected chi connectivity index (χ3v) is 4.30. The molecule has 21 heavy (non-hydrogen) atoms. The summed E-state index contributed by atoms with van der Waals surface area (Å²) in [6.07, 6.45) is 5.30. The summed E-state index contributed by atoms with van der Waals surface area (Å²) < 4.78 is 13.7. The average molecular weight is 290 g/mol. The van der Waals surface area contributed by atoms with Crippen molar-refractivity contribution in [2.75, 3.05) is 11.4 Å². The van der Waals surface area contributed by atoms with Crippen molar-refractivity contribution < 1.29 is 4.39 Å². The van der Waals surface area contributed by atoms with E-state index < -0.39 is 0 Å². The Kier molecular flexibility index (Phi) is 3.96. The number of nitrogens with one attached hydrogen (secondary N) is 1. The highest BCUT2D eigenvalue weighted by molar-refractivity contribution is 5.56. The molecular formula is C18H27FN2. The van der Waals surface area contributed by atoms with E-state index in [0.717, 1.165) is 24.6 Å². The van der Waals surface area contributed by atoms with Crippen LogP contribution in [-0.2, 0) is 6.54 Å². The van der Waals surface area contributed by atoms with E-state index in [-0.39, 0.29) is 11.4 Å². The Morgan fingerprint density at radius 1 is 1.19 bits per heavy atom. The van der Waals surface area contributed by atoms with Crippen LogP contribution in [0, 0.1) is 11.7 Å². The summed E-state index contributed by atoms with van der Waals surface area (Å²) in [4.78, 5) is 2.54. The van der Waals surface area contributed by atoms with Gasteiger partial charge in [0.2, 0.25) is 0 Å². The lowest BCUT2D eigenvalue weighted by atomic mass is 10.1. The van der Waals surface area contributed by atoms with E-state index in [9.17, 15) is 4.39 Å². The maximum atomic E-state index is 13.7. The van der Waals surface area contributed by atoms with E-state index in [1.165, 1.54) is 31.4 Å². The molecule has 0 spiro atoms. The first-order valence-electron chi connectivity index (χ1n) is 8.22. The Bertz CT molecular complexity index is 498. The molecule has 1 aromatic rings. The molecule has 0 atom stereocenters. The van der Waals surface area contributed by atoms with Gasteiger partial charge in [-0.15, -0.1) is 0 Å². The van der Waals surface area contributed by atoms with Gasteiger partial charge >= 0.3 is 0 Å². The van der Waals surface area contributed by atoms with Crippen molar-refractivity contribution >= 4 is 5.69 Å². The molecule has 2 aliphatic carbocycles. The molecule has 2 saturated carbocycles. The van der Waals surface area contributed by atoms with Gasteiger partial charge in [0, 0.05) is 30.4 Å². The molecule has 116 valence electrons. The molecule has 0 amide bonds. The van der Waals surface area contributed by atoms with E-state index in [1.54, 1.807) is 12.1 Å². The molecule has 3 heteroatoms. The van der Waals surface area contributed by atoms with E-state index in [1.807, 2.05) is 6.07 Å². The van der Waals surface area contributed by atoms with Crippen molar-refractivity contribution in [2.45, 2.75) is 64.6 Å². The Balaban J connectivity index is 1.81. The van der Waals surface area contributed by atoms with Crippen molar-refractivity contribution in [2.24, 2.45) is 5.92 Å². The van der Waals surface area contributed by atoms with Crippen LogP contribution < -0.4 is 10.2 Å². The molecule has 3 rings (SSSR count). The molecule has 0 heterocycles. The van der Waals surface area contributed by atoms with Crippen molar-refractivity contribution in [3.05, 3.63) is 29.6 Å². The first kappa shape index (κ1) is 14.8. The standard InChI is InChI=1S/C18H27FN2/c1-18(2,3)20-11-14-10-15(19)6-9-17(14)21(16-7-8-16)12-13-4-5-13/h6,9-10,13,16,20H,4-5,7-8,11-12H2,1-3H3. The molecule has 0 unspecified atom stereocenters. The van der Waals surface area contributed by atoms with Gasteiger partial charge in [0.25, 0.3) is 0 Å². The highest BCUT2D eigenvalue weighted by Crippen LogP contribution is 2.39. The van der Waals surface area contributed by atoms with Crippen LogP contribution in [0.4, 0.5) is 10.1 Å². The normalized spacial score (nSPS) is 18.9. The molecule has 0 saturated heterocycles. The van der Waals surface area contributed by atoms with Gasteiger partial charge in [0.1, 0.15) is 5.82 Å². The molecule has 0 radical (unpaired) electrons. The quantitative estimate of drug-likeness (QED) is 0.849. The van der Waals surface area contributed by atoms with Crippen LogP contribution in [-0.4, -0.2) is 18.1 Å². The van der Waals surface area contributed by atoms with Crippen molar-refractivity contribution in [3.8, 4) is 0 Å². The Hall–Kier alpha value is -1.09. The molecule has 0 aliphatic heterocycles. The minimum Gasteiger partial charge on any atom is -0.368 e. The third kappa shape index (κ3) is 4.19. The number of benzene rings is 1. The number of nitrogens with zero attached hydrogens (tertiary/aromatic N) is 1. The molecule has 2 nitrogen and oxygen atoms in total. The maximum Gasteiger partial charge on any atom is 0.123 e. The van der Waals surface area contributed by atoms with Crippen LogP contribution in [0.5, 0.6) is 0 Å². The first-order chi connectivity index (χ1) is 9.92. The molecule has 2 aliphatic rings. The van der Waals surface area contributed by atoms with Crippen molar-refractivity contribution in [1.29, 1.82) is 0 Å².